The molecule has 0 unspecified atom stereocenters. The van der Waals surface area contributed by atoms with Crippen LogP contribution in [0.1, 0.15) is 17.6 Å². The van der Waals surface area contributed by atoms with E-state index in [2.05, 4.69) is 21.2 Å². The maximum absolute atomic E-state index is 10.2. The Morgan fingerprint density at radius 3 is 2.94 bits per heavy atom. The minimum atomic E-state index is -0.979. The Kier molecular flexibility index (Phi) is 4.04. The third-order valence-electron chi connectivity index (χ3n) is 2.50. The number of furan rings is 1. The zero-order chi connectivity index (χ0) is 12.3. The SMILES string of the molecule is C[C@](O)(CNCc1sccc1Br)c1ccco1. The Bertz CT molecular complexity index is 465. The lowest BCUT2D eigenvalue weighted by Crippen LogP contribution is -2.34. The van der Waals surface area contributed by atoms with E-state index in [9.17, 15) is 5.11 Å². The van der Waals surface area contributed by atoms with Gasteiger partial charge in [-0.1, -0.05) is 0 Å². The summed E-state index contributed by atoms with van der Waals surface area (Å²) in [6, 6.07) is 5.58. The first-order valence-corrected chi connectivity index (χ1v) is 6.96. The van der Waals surface area contributed by atoms with Crippen LogP contribution < -0.4 is 5.32 Å². The molecule has 5 heteroatoms. The van der Waals surface area contributed by atoms with Crippen LogP contribution in [0, 0.1) is 0 Å². The lowest BCUT2D eigenvalue weighted by Gasteiger charge is -2.21. The van der Waals surface area contributed by atoms with Gasteiger partial charge in [0.15, 0.2) is 0 Å². The van der Waals surface area contributed by atoms with E-state index in [1.165, 1.54) is 4.88 Å². The van der Waals surface area contributed by atoms with Crippen LogP contribution in [0.4, 0.5) is 0 Å². The fourth-order valence-electron chi connectivity index (χ4n) is 1.54. The second-order valence-corrected chi connectivity index (χ2v) is 5.90. The van der Waals surface area contributed by atoms with Crippen molar-refractivity contribution in [3.8, 4) is 0 Å². The normalized spacial score (nSPS) is 14.8. The second kappa shape index (κ2) is 5.35. The maximum Gasteiger partial charge on any atom is 0.136 e. The van der Waals surface area contributed by atoms with Gasteiger partial charge in [0, 0.05) is 22.4 Å². The summed E-state index contributed by atoms with van der Waals surface area (Å²) in [7, 11) is 0. The lowest BCUT2D eigenvalue weighted by atomic mass is 10.0. The Hall–Kier alpha value is -0.620. The molecule has 0 aromatic carbocycles. The highest BCUT2D eigenvalue weighted by molar-refractivity contribution is 9.10. The summed E-state index contributed by atoms with van der Waals surface area (Å²) >= 11 is 5.16. The van der Waals surface area contributed by atoms with Gasteiger partial charge in [-0.2, -0.15) is 0 Å². The summed E-state index contributed by atoms with van der Waals surface area (Å²) < 4.78 is 6.32. The van der Waals surface area contributed by atoms with Crippen molar-refractivity contribution in [1.29, 1.82) is 0 Å². The first kappa shape index (κ1) is 12.8. The van der Waals surface area contributed by atoms with E-state index >= 15 is 0 Å². The van der Waals surface area contributed by atoms with Gasteiger partial charge in [-0.25, -0.2) is 0 Å². The molecule has 2 heterocycles. The van der Waals surface area contributed by atoms with Crippen LogP contribution >= 0.6 is 27.3 Å². The van der Waals surface area contributed by atoms with Crippen LogP contribution in [-0.4, -0.2) is 11.7 Å². The summed E-state index contributed by atoms with van der Waals surface area (Å²) in [5, 5.41) is 15.5. The van der Waals surface area contributed by atoms with Gasteiger partial charge in [-0.05, 0) is 46.4 Å². The van der Waals surface area contributed by atoms with E-state index in [1.807, 2.05) is 11.4 Å². The fourth-order valence-corrected chi connectivity index (χ4v) is 3.00. The Morgan fingerprint density at radius 2 is 2.35 bits per heavy atom. The van der Waals surface area contributed by atoms with Gasteiger partial charge in [0.05, 0.1) is 6.26 Å². The predicted octanol–water partition coefficient (Wildman–Crippen LogP) is 3.10. The van der Waals surface area contributed by atoms with Crippen LogP contribution in [-0.2, 0) is 12.1 Å². The standard InChI is InChI=1S/C12H14BrNO2S/c1-12(15,11-3-2-5-16-11)8-14-7-10-9(13)4-6-17-10/h2-6,14-15H,7-8H2,1H3/t12-/m0/s1. The molecule has 0 aliphatic rings. The van der Waals surface area contributed by atoms with E-state index in [0.29, 0.717) is 12.3 Å². The molecule has 0 spiro atoms. The van der Waals surface area contributed by atoms with Crippen LogP contribution in [0.2, 0.25) is 0 Å². The molecule has 2 aromatic rings. The van der Waals surface area contributed by atoms with Crippen molar-refractivity contribution in [2.24, 2.45) is 0 Å². The van der Waals surface area contributed by atoms with Crippen LogP contribution in [0.3, 0.4) is 0 Å². The van der Waals surface area contributed by atoms with Gasteiger partial charge in [0.1, 0.15) is 11.4 Å². The molecule has 0 aliphatic heterocycles. The third kappa shape index (κ3) is 3.19. The summed E-state index contributed by atoms with van der Waals surface area (Å²) in [5.74, 6) is 0.579. The highest BCUT2D eigenvalue weighted by atomic mass is 79.9. The highest BCUT2D eigenvalue weighted by Crippen LogP contribution is 2.23. The molecule has 0 amide bonds. The van der Waals surface area contributed by atoms with Gasteiger partial charge >= 0.3 is 0 Å². The van der Waals surface area contributed by atoms with Gasteiger partial charge < -0.3 is 14.8 Å². The van der Waals surface area contributed by atoms with Crippen molar-refractivity contribution in [2.75, 3.05) is 6.54 Å². The molecule has 3 nitrogen and oxygen atoms in total. The number of rotatable bonds is 5. The quantitative estimate of drug-likeness (QED) is 0.891. The molecule has 0 fully saturated rings. The number of thiophene rings is 1. The van der Waals surface area contributed by atoms with E-state index in [-0.39, 0.29) is 0 Å². The maximum atomic E-state index is 10.2. The molecule has 0 aliphatic carbocycles. The van der Waals surface area contributed by atoms with E-state index in [1.54, 1.807) is 36.7 Å². The molecule has 0 radical (unpaired) electrons. The fraction of sp³-hybridized carbons (Fsp3) is 0.333. The monoisotopic (exact) mass is 315 g/mol. The first-order chi connectivity index (χ1) is 8.09. The molecule has 2 rings (SSSR count). The molecule has 2 aromatic heterocycles. The molecule has 0 bridgehead atoms. The van der Waals surface area contributed by atoms with E-state index in [4.69, 9.17) is 4.42 Å². The van der Waals surface area contributed by atoms with E-state index in [0.717, 1.165) is 11.0 Å². The van der Waals surface area contributed by atoms with Crippen molar-refractivity contribution in [3.63, 3.8) is 0 Å². The summed E-state index contributed by atoms with van der Waals surface area (Å²) in [4.78, 5) is 1.22. The number of aliphatic hydroxyl groups is 1. The topological polar surface area (TPSA) is 45.4 Å². The molecular formula is C12H14BrNO2S. The third-order valence-corrected chi connectivity index (χ3v) is 4.42. The number of hydrogen-bond acceptors (Lipinski definition) is 4. The minimum Gasteiger partial charge on any atom is -0.466 e. The Morgan fingerprint density at radius 1 is 1.53 bits per heavy atom. The van der Waals surface area contributed by atoms with Crippen LogP contribution in [0.25, 0.3) is 0 Å². The largest absolute Gasteiger partial charge is 0.466 e. The van der Waals surface area contributed by atoms with Gasteiger partial charge in [-0.15, -0.1) is 11.3 Å². The average molecular weight is 316 g/mol. The Balaban J connectivity index is 1.88. The molecular weight excluding hydrogens is 302 g/mol. The number of halogens is 1. The zero-order valence-corrected chi connectivity index (χ0v) is 11.8. The van der Waals surface area contributed by atoms with Crippen LogP contribution in [0.5, 0.6) is 0 Å². The second-order valence-electron chi connectivity index (χ2n) is 4.05. The van der Waals surface area contributed by atoms with Gasteiger partial charge in [0.2, 0.25) is 0 Å². The molecule has 17 heavy (non-hydrogen) atoms. The smallest absolute Gasteiger partial charge is 0.136 e. The van der Waals surface area contributed by atoms with Crippen molar-refractivity contribution in [1.82, 2.24) is 5.32 Å². The zero-order valence-electron chi connectivity index (χ0n) is 9.44. The molecule has 1 atom stereocenters. The van der Waals surface area contributed by atoms with Crippen molar-refractivity contribution >= 4 is 27.3 Å². The van der Waals surface area contributed by atoms with Crippen molar-refractivity contribution in [2.45, 2.75) is 19.1 Å². The van der Waals surface area contributed by atoms with Crippen LogP contribution in [0.15, 0.2) is 38.7 Å². The molecule has 0 saturated carbocycles. The summed E-state index contributed by atoms with van der Waals surface area (Å²) in [5.41, 5.74) is -0.979. The first-order valence-electron chi connectivity index (χ1n) is 5.28. The molecule has 2 N–H and O–H groups in total. The highest BCUT2D eigenvalue weighted by Gasteiger charge is 2.25. The van der Waals surface area contributed by atoms with Gasteiger partial charge in [0.25, 0.3) is 0 Å². The van der Waals surface area contributed by atoms with Crippen molar-refractivity contribution < 1.29 is 9.52 Å². The summed E-state index contributed by atoms with van der Waals surface area (Å²) in [6.45, 7) is 2.92. The Labute approximate surface area is 113 Å². The van der Waals surface area contributed by atoms with Gasteiger partial charge in [-0.3, -0.25) is 0 Å². The van der Waals surface area contributed by atoms with Crippen molar-refractivity contribution in [3.05, 3.63) is 45.0 Å². The average Bonchev–Trinajstić information content (AvgIpc) is 2.90. The van der Waals surface area contributed by atoms with E-state index < -0.39 is 5.60 Å². The number of nitrogens with one attached hydrogen (secondary N) is 1. The molecule has 0 saturated heterocycles. The molecule has 92 valence electrons. The predicted molar refractivity (Wildman–Crippen MR) is 72.0 cm³/mol. The number of hydrogen-bond donors (Lipinski definition) is 2. The minimum absolute atomic E-state index is 0.449. The lowest BCUT2D eigenvalue weighted by molar-refractivity contribution is 0.0341. The summed E-state index contributed by atoms with van der Waals surface area (Å²) in [6.07, 6.45) is 1.57.